The maximum atomic E-state index is 12.2. The SMILES string of the molecule is O=C1OC(=O)[C@H]2[C@@H]1[C@H]1c3ccccc3[C@@H]2N1Cc1ccccc1. The zero-order chi connectivity index (χ0) is 15.6. The molecule has 0 unspecified atom stereocenters. The second-order valence-electron chi connectivity index (χ2n) is 6.47. The number of hydrogen-bond acceptors (Lipinski definition) is 4. The summed E-state index contributed by atoms with van der Waals surface area (Å²) in [7, 11) is 0. The zero-order valence-electron chi connectivity index (χ0n) is 12.4. The summed E-state index contributed by atoms with van der Waals surface area (Å²) in [5, 5.41) is 0. The molecule has 2 bridgehead atoms. The lowest BCUT2D eigenvalue weighted by atomic mass is 9.77. The fourth-order valence-electron chi connectivity index (χ4n) is 4.55. The molecule has 2 aromatic carbocycles. The molecule has 0 N–H and O–H groups in total. The lowest BCUT2D eigenvalue weighted by molar-refractivity contribution is -0.155. The molecule has 3 aliphatic heterocycles. The Hall–Kier alpha value is -2.46. The van der Waals surface area contributed by atoms with Crippen molar-refractivity contribution in [1.29, 1.82) is 0 Å². The van der Waals surface area contributed by atoms with Gasteiger partial charge in [0.05, 0.1) is 23.9 Å². The number of rotatable bonds is 2. The average molecular weight is 305 g/mol. The highest BCUT2D eigenvalue weighted by Gasteiger charge is 2.65. The molecule has 0 aliphatic carbocycles. The van der Waals surface area contributed by atoms with Crippen molar-refractivity contribution in [3.8, 4) is 0 Å². The van der Waals surface area contributed by atoms with Crippen LogP contribution in [0.5, 0.6) is 0 Å². The van der Waals surface area contributed by atoms with Gasteiger partial charge in [0.15, 0.2) is 0 Å². The Balaban J connectivity index is 1.62. The molecule has 0 amide bonds. The number of nitrogens with zero attached hydrogens (tertiary/aromatic N) is 1. The third-order valence-electron chi connectivity index (χ3n) is 5.37. The topological polar surface area (TPSA) is 46.6 Å². The number of cyclic esters (lactones) is 2. The van der Waals surface area contributed by atoms with E-state index in [1.54, 1.807) is 0 Å². The van der Waals surface area contributed by atoms with Crippen molar-refractivity contribution in [2.45, 2.75) is 18.6 Å². The van der Waals surface area contributed by atoms with Gasteiger partial charge in [-0.15, -0.1) is 0 Å². The maximum Gasteiger partial charge on any atom is 0.319 e. The van der Waals surface area contributed by atoms with E-state index < -0.39 is 0 Å². The normalized spacial score (nSPS) is 31.1. The van der Waals surface area contributed by atoms with E-state index >= 15 is 0 Å². The summed E-state index contributed by atoms with van der Waals surface area (Å²) in [6.07, 6.45) is 0. The Morgan fingerprint density at radius 1 is 0.783 bits per heavy atom. The van der Waals surface area contributed by atoms with Crippen LogP contribution in [0.1, 0.15) is 28.8 Å². The maximum absolute atomic E-state index is 12.2. The molecule has 0 saturated carbocycles. The van der Waals surface area contributed by atoms with Gasteiger partial charge in [0.1, 0.15) is 0 Å². The van der Waals surface area contributed by atoms with Crippen molar-refractivity contribution in [2.75, 3.05) is 0 Å². The highest BCUT2D eigenvalue weighted by Crippen LogP contribution is 2.62. The van der Waals surface area contributed by atoms with Crippen molar-refractivity contribution in [3.05, 3.63) is 71.3 Å². The van der Waals surface area contributed by atoms with Gasteiger partial charge >= 0.3 is 11.9 Å². The first-order valence-electron chi connectivity index (χ1n) is 7.90. The van der Waals surface area contributed by atoms with Gasteiger partial charge in [-0.2, -0.15) is 0 Å². The summed E-state index contributed by atoms with van der Waals surface area (Å²) in [6, 6.07) is 18.2. The van der Waals surface area contributed by atoms with E-state index in [4.69, 9.17) is 4.74 Å². The number of esters is 2. The highest BCUT2D eigenvalue weighted by molar-refractivity contribution is 5.99. The van der Waals surface area contributed by atoms with Crippen LogP contribution in [0, 0.1) is 11.8 Å². The smallest absolute Gasteiger partial charge is 0.319 e. The van der Waals surface area contributed by atoms with E-state index in [1.807, 2.05) is 30.3 Å². The number of fused-ring (bicyclic) bond motifs is 8. The monoisotopic (exact) mass is 305 g/mol. The summed E-state index contributed by atoms with van der Waals surface area (Å²) >= 11 is 0. The van der Waals surface area contributed by atoms with Gasteiger partial charge in [0.2, 0.25) is 0 Å². The summed E-state index contributed by atoms with van der Waals surface area (Å²) in [5.74, 6) is -1.43. The molecule has 2 saturated heterocycles. The molecule has 0 aromatic heterocycles. The largest absolute Gasteiger partial charge is 0.393 e. The number of benzene rings is 2. The quantitative estimate of drug-likeness (QED) is 0.632. The van der Waals surface area contributed by atoms with E-state index in [0.717, 1.165) is 6.54 Å². The average Bonchev–Trinajstić information content (AvgIpc) is 3.16. The molecule has 4 nitrogen and oxygen atoms in total. The summed E-state index contributed by atoms with van der Waals surface area (Å²) < 4.78 is 4.93. The van der Waals surface area contributed by atoms with Crippen molar-refractivity contribution in [1.82, 2.24) is 4.90 Å². The fourth-order valence-corrected chi connectivity index (χ4v) is 4.55. The van der Waals surface area contributed by atoms with Crippen LogP contribution in [0.2, 0.25) is 0 Å². The van der Waals surface area contributed by atoms with E-state index in [2.05, 4.69) is 29.2 Å². The van der Waals surface area contributed by atoms with E-state index in [-0.39, 0.29) is 35.9 Å². The minimum Gasteiger partial charge on any atom is -0.393 e. The van der Waals surface area contributed by atoms with E-state index in [1.165, 1.54) is 16.7 Å². The van der Waals surface area contributed by atoms with Gasteiger partial charge in [-0.25, -0.2) is 0 Å². The Morgan fingerprint density at radius 3 is 1.87 bits per heavy atom. The first kappa shape index (κ1) is 13.0. The Labute approximate surface area is 133 Å². The van der Waals surface area contributed by atoms with Crippen LogP contribution in [0.3, 0.4) is 0 Å². The molecule has 3 heterocycles. The number of ether oxygens (including phenoxy) is 1. The summed E-state index contributed by atoms with van der Waals surface area (Å²) in [6.45, 7) is 0.735. The van der Waals surface area contributed by atoms with Crippen LogP contribution in [-0.2, 0) is 20.9 Å². The van der Waals surface area contributed by atoms with Crippen LogP contribution >= 0.6 is 0 Å². The van der Waals surface area contributed by atoms with Gasteiger partial charge in [0.25, 0.3) is 0 Å². The standard InChI is InChI=1S/C19H15NO3/c21-18-14-15(19(22)23-18)17-13-9-5-4-8-12(13)16(14)20(17)10-11-6-2-1-3-7-11/h1-9,14-17H,10H2/t14-,15+,16-,17+. The van der Waals surface area contributed by atoms with Crippen molar-refractivity contribution in [3.63, 3.8) is 0 Å². The molecule has 2 fully saturated rings. The Bertz CT molecular complexity index is 769. The van der Waals surface area contributed by atoms with Gasteiger partial charge in [-0.1, -0.05) is 54.6 Å². The third kappa shape index (κ3) is 1.64. The molecule has 3 aliphatic rings. The molecule has 114 valence electrons. The molecule has 5 rings (SSSR count). The lowest BCUT2D eigenvalue weighted by Gasteiger charge is -2.24. The Kier molecular flexibility index (Phi) is 2.56. The highest BCUT2D eigenvalue weighted by atomic mass is 16.6. The van der Waals surface area contributed by atoms with Crippen LogP contribution in [0.25, 0.3) is 0 Å². The molecule has 2 aromatic rings. The van der Waals surface area contributed by atoms with E-state index in [9.17, 15) is 9.59 Å². The van der Waals surface area contributed by atoms with Crippen molar-refractivity contribution in [2.24, 2.45) is 11.8 Å². The predicted molar refractivity (Wildman–Crippen MR) is 82.0 cm³/mol. The van der Waals surface area contributed by atoms with Gasteiger partial charge in [-0.05, 0) is 16.7 Å². The van der Waals surface area contributed by atoms with Crippen molar-refractivity contribution >= 4 is 11.9 Å². The zero-order valence-corrected chi connectivity index (χ0v) is 12.4. The molecular weight excluding hydrogens is 290 g/mol. The van der Waals surface area contributed by atoms with Crippen LogP contribution < -0.4 is 0 Å². The minimum absolute atomic E-state index is 0.0552. The first-order valence-corrected chi connectivity index (χ1v) is 7.90. The molecule has 0 spiro atoms. The first-order chi connectivity index (χ1) is 11.3. The molecular formula is C19H15NO3. The van der Waals surface area contributed by atoms with Crippen LogP contribution in [0.15, 0.2) is 54.6 Å². The minimum atomic E-state index is -0.361. The molecule has 4 heteroatoms. The molecule has 4 atom stereocenters. The van der Waals surface area contributed by atoms with E-state index in [0.29, 0.717) is 0 Å². The van der Waals surface area contributed by atoms with Gasteiger partial charge in [0, 0.05) is 6.54 Å². The lowest BCUT2D eigenvalue weighted by Crippen LogP contribution is -2.25. The number of hydrogen-bond donors (Lipinski definition) is 0. The predicted octanol–water partition coefficient (Wildman–Crippen LogP) is 2.61. The fraction of sp³-hybridized carbons (Fsp3) is 0.263. The van der Waals surface area contributed by atoms with Crippen LogP contribution in [-0.4, -0.2) is 16.8 Å². The second-order valence-corrected chi connectivity index (χ2v) is 6.47. The number of carbonyl (C=O) groups excluding carboxylic acids is 2. The van der Waals surface area contributed by atoms with Crippen LogP contribution in [0.4, 0.5) is 0 Å². The summed E-state index contributed by atoms with van der Waals surface area (Å²) in [5.41, 5.74) is 3.53. The number of carbonyl (C=O) groups is 2. The summed E-state index contributed by atoms with van der Waals surface area (Å²) in [4.78, 5) is 26.7. The van der Waals surface area contributed by atoms with Gasteiger partial charge in [-0.3, -0.25) is 14.5 Å². The molecule has 23 heavy (non-hydrogen) atoms. The van der Waals surface area contributed by atoms with Gasteiger partial charge < -0.3 is 4.74 Å². The third-order valence-corrected chi connectivity index (χ3v) is 5.37. The van der Waals surface area contributed by atoms with Crippen molar-refractivity contribution < 1.29 is 14.3 Å². The second kappa shape index (κ2) is 4.52. The molecule has 0 radical (unpaired) electrons. The Morgan fingerprint density at radius 2 is 1.30 bits per heavy atom.